The molecule has 1 heterocycles. The van der Waals surface area contributed by atoms with Gasteiger partial charge in [0.15, 0.2) is 0 Å². The van der Waals surface area contributed by atoms with Crippen LogP contribution in [-0.4, -0.2) is 60.3 Å². The third-order valence-corrected chi connectivity index (χ3v) is 7.08. The second kappa shape index (κ2) is 10.1. The Morgan fingerprint density at radius 2 is 1.71 bits per heavy atom. The predicted octanol–water partition coefficient (Wildman–Crippen LogP) is 4.62. The predicted molar refractivity (Wildman–Crippen MR) is 125 cm³/mol. The Kier molecular flexibility index (Phi) is 7.21. The topological polar surface area (TPSA) is 26.7 Å². The first-order valence-corrected chi connectivity index (χ1v) is 11.7. The van der Waals surface area contributed by atoms with Crippen molar-refractivity contribution in [2.75, 3.05) is 39.8 Å². The van der Waals surface area contributed by atoms with E-state index in [1.807, 2.05) is 30.3 Å². The van der Waals surface area contributed by atoms with Crippen LogP contribution in [0.2, 0.25) is 0 Å². The van der Waals surface area contributed by atoms with Crippen LogP contribution < -0.4 is 0 Å². The van der Waals surface area contributed by atoms with E-state index in [9.17, 15) is 9.50 Å². The summed E-state index contributed by atoms with van der Waals surface area (Å²) in [7, 11) is 2.18. The number of benzene rings is 2. The first-order valence-electron chi connectivity index (χ1n) is 11.7. The van der Waals surface area contributed by atoms with E-state index in [-0.39, 0.29) is 11.7 Å². The van der Waals surface area contributed by atoms with Crippen molar-refractivity contribution < 1.29 is 9.50 Å². The Bertz CT molecular complexity index is 859. The van der Waals surface area contributed by atoms with Crippen LogP contribution in [-0.2, 0) is 6.42 Å². The lowest BCUT2D eigenvalue weighted by Crippen LogP contribution is -2.51. The summed E-state index contributed by atoms with van der Waals surface area (Å²) in [4.78, 5) is 4.89. The molecule has 3 nitrogen and oxygen atoms in total. The van der Waals surface area contributed by atoms with E-state index in [2.05, 4.69) is 35.1 Å². The van der Waals surface area contributed by atoms with Gasteiger partial charge in [-0.1, -0.05) is 55.0 Å². The van der Waals surface area contributed by atoms with E-state index >= 15 is 0 Å². The minimum Gasteiger partial charge on any atom is -0.385 e. The summed E-state index contributed by atoms with van der Waals surface area (Å²) in [6.07, 6.45) is 6.90. The molecule has 2 aliphatic rings. The Hall–Kier alpha value is -2.01. The lowest BCUT2D eigenvalue weighted by molar-refractivity contribution is -0.00644. The smallest absolute Gasteiger partial charge is 0.123 e. The maximum absolute atomic E-state index is 13.5. The summed E-state index contributed by atoms with van der Waals surface area (Å²) in [5.74, 6) is -0.0657. The van der Waals surface area contributed by atoms with E-state index in [4.69, 9.17) is 0 Å². The zero-order valence-electron chi connectivity index (χ0n) is 18.6. The number of aliphatic hydroxyl groups is 1. The molecule has 2 aromatic rings. The molecule has 166 valence electrons. The van der Waals surface area contributed by atoms with Crippen molar-refractivity contribution in [1.29, 1.82) is 0 Å². The molecule has 0 aromatic heterocycles. The van der Waals surface area contributed by atoms with Gasteiger partial charge in [0.1, 0.15) is 5.82 Å². The molecule has 2 unspecified atom stereocenters. The number of piperazine rings is 1. The summed E-state index contributed by atoms with van der Waals surface area (Å²) in [6, 6.07) is 17.0. The highest BCUT2D eigenvalue weighted by molar-refractivity contribution is 5.55. The summed E-state index contributed by atoms with van der Waals surface area (Å²) in [6.45, 7) is 5.18. The maximum atomic E-state index is 13.5. The maximum Gasteiger partial charge on any atom is 0.123 e. The number of rotatable bonds is 5. The lowest BCUT2D eigenvalue weighted by atomic mass is 9.74. The summed E-state index contributed by atoms with van der Waals surface area (Å²) < 4.78 is 13.5. The average Bonchev–Trinajstić information content (AvgIpc) is 2.92. The minimum absolute atomic E-state index is 0.165. The Labute approximate surface area is 186 Å². The summed E-state index contributed by atoms with van der Waals surface area (Å²) >= 11 is 0. The minimum atomic E-state index is -0.923. The molecule has 1 aliphatic heterocycles. The molecule has 1 aliphatic carbocycles. The normalized spacial score (nSPS) is 27.3. The number of hydrogen-bond acceptors (Lipinski definition) is 3. The van der Waals surface area contributed by atoms with Gasteiger partial charge >= 0.3 is 0 Å². The average molecular weight is 423 g/mol. The van der Waals surface area contributed by atoms with Crippen LogP contribution in [0.4, 0.5) is 4.39 Å². The van der Waals surface area contributed by atoms with E-state index < -0.39 is 5.60 Å². The van der Waals surface area contributed by atoms with Crippen molar-refractivity contribution >= 4 is 6.08 Å². The van der Waals surface area contributed by atoms with Crippen LogP contribution in [0.25, 0.3) is 6.08 Å². The van der Waals surface area contributed by atoms with Crippen molar-refractivity contribution in [3.63, 3.8) is 0 Å². The van der Waals surface area contributed by atoms with Gasteiger partial charge in [-0.25, -0.2) is 4.39 Å². The van der Waals surface area contributed by atoms with Crippen molar-refractivity contribution in [2.45, 2.75) is 37.7 Å². The van der Waals surface area contributed by atoms with Crippen LogP contribution in [0.1, 0.15) is 36.8 Å². The quantitative estimate of drug-likeness (QED) is 0.713. The molecule has 0 radical (unpaired) electrons. The molecule has 1 saturated carbocycles. The van der Waals surface area contributed by atoms with Gasteiger partial charge in [-0.15, -0.1) is 0 Å². The fraction of sp³-hybridized carbons (Fsp3) is 0.481. The summed E-state index contributed by atoms with van der Waals surface area (Å²) in [5.41, 5.74) is 2.33. The first-order chi connectivity index (χ1) is 15.0. The van der Waals surface area contributed by atoms with E-state index in [1.165, 1.54) is 12.1 Å². The molecule has 0 bridgehead atoms. The molecule has 2 atom stereocenters. The molecule has 2 fully saturated rings. The largest absolute Gasteiger partial charge is 0.385 e. The Morgan fingerprint density at radius 1 is 1.00 bits per heavy atom. The second-order valence-electron chi connectivity index (χ2n) is 9.35. The van der Waals surface area contributed by atoms with E-state index in [0.717, 1.165) is 75.1 Å². The van der Waals surface area contributed by atoms with Crippen LogP contribution in [0, 0.1) is 11.7 Å². The lowest BCUT2D eigenvalue weighted by Gasteiger charge is -2.42. The second-order valence-corrected chi connectivity index (χ2v) is 9.35. The van der Waals surface area contributed by atoms with E-state index in [1.54, 1.807) is 0 Å². The van der Waals surface area contributed by atoms with Crippen LogP contribution in [0.5, 0.6) is 0 Å². The van der Waals surface area contributed by atoms with Crippen LogP contribution in [0.15, 0.2) is 60.2 Å². The number of hydrogen-bond donors (Lipinski definition) is 1. The van der Waals surface area contributed by atoms with Crippen LogP contribution >= 0.6 is 0 Å². The van der Waals surface area contributed by atoms with Gasteiger partial charge in [0.05, 0.1) is 5.60 Å². The fourth-order valence-electron chi connectivity index (χ4n) is 5.13. The Balaban J connectivity index is 1.66. The number of likely N-dealkylation sites (N-methyl/N-ethyl adjacent to an activating group) is 1. The molecule has 2 aromatic carbocycles. The van der Waals surface area contributed by atoms with Gasteiger partial charge in [-0.2, -0.15) is 0 Å². The summed E-state index contributed by atoms with van der Waals surface area (Å²) in [5, 5.41) is 12.3. The van der Waals surface area contributed by atoms with Gasteiger partial charge in [-0.05, 0) is 55.1 Å². The molecule has 1 N–H and O–H groups in total. The standard InChI is InChI=1S/C27H35FN2O/c1-29-15-17-30(18-16-29)21-25-10-6-5-9-24(19-22-7-3-2-4-8-22)27(25,31)20-23-11-13-26(28)14-12-23/h2-4,7-8,11-14,19,25,31H,5-6,9-10,15-18,20-21H2,1H3. The first kappa shape index (κ1) is 22.2. The van der Waals surface area contributed by atoms with Gasteiger partial charge < -0.3 is 14.9 Å². The zero-order chi connectivity index (χ0) is 21.7. The molecule has 4 rings (SSSR count). The van der Waals surface area contributed by atoms with Crippen molar-refractivity contribution in [3.05, 3.63) is 77.1 Å². The molecule has 4 heteroatoms. The van der Waals surface area contributed by atoms with Crippen LogP contribution in [0.3, 0.4) is 0 Å². The highest BCUT2D eigenvalue weighted by atomic mass is 19.1. The third kappa shape index (κ3) is 5.62. The van der Waals surface area contributed by atoms with Crippen molar-refractivity contribution in [1.82, 2.24) is 9.80 Å². The van der Waals surface area contributed by atoms with Crippen molar-refractivity contribution in [3.8, 4) is 0 Å². The fourth-order valence-corrected chi connectivity index (χ4v) is 5.13. The number of nitrogens with zero attached hydrogens (tertiary/aromatic N) is 2. The third-order valence-electron chi connectivity index (χ3n) is 7.08. The molecular formula is C27H35FN2O. The highest BCUT2D eigenvalue weighted by Gasteiger charge is 2.42. The highest BCUT2D eigenvalue weighted by Crippen LogP contribution is 2.40. The molecule has 31 heavy (non-hydrogen) atoms. The van der Waals surface area contributed by atoms with Gasteiger partial charge in [0.25, 0.3) is 0 Å². The zero-order valence-corrected chi connectivity index (χ0v) is 18.6. The monoisotopic (exact) mass is 422 g/mol. The Morgan fingerprint density at radius 3 is 2.42 bits per heavy atom. The SMILES string of the molecule is CN1CCN(CC2CCCCC(=Cc3ccccc3)C2(O)Cc2ccc(F)cc2)CC1. The number of halogens is 1. The molecular weight excluding hydrogens is 387 g/mol. The van der Waals surface area contributed by atoms with E-state index in [0.29, 0.717) is 6.42 Å². The molecule has 0 amide bonds. The molecule has 0 spiro atoms. The van der Waals surface area contributed by atoms with Crippen molar-refractivity contribution in [2.24, 2.45) is 5.92 Å². The van der Waals surface area contributed by atoms with Gasteiger partial charge in [0.2, 0.25) is 0 Å². The molecule has 1 saturated heterocycles. The van der Waals surface area contributed by atoms with Gasteiger partial charge in [-0.3, -0.25) is 0 Å². The van der Waals surface area contributed by atoms with Gasteiger partial charge in [0, 0.05) is 45.1 Å².